The number of amides is 1. The van der Waals surface area contributed by atoms with Crippen LogP contribution in [0.2, 0.25) is 0 Å². The van der Waals surface area contributed by atoms with E-state index in [1.165, 1.54) is 11.8 Å². The molecule has 27 heavy (non-hydrogen) atoms. The van der Waals surface area contributed by atoms with E-state index in [1.54, 1.807) is 4.57 Å². The minimum atomic E-state index is -0.307. The summed E-state index contributed by atoms with van der Waals surface area (Å²) < 4.78 is 3.57. The molecule has 2 heterocycles. The first kappa shape index (κ1) is 19.4. The molecule has 0 aliphatic carbocycles. The van der Waals surface area contributed by atoms with Gasteiger partial charge in [-0.2, -0.15) is 0 Å². The molecule has 0 fully saturated rings. The van der Waals surface area contributed by atoms with E-state index in [0.29, 0.717) is 29.4 Å². The second-order valence-electron chi connectivity index (χ2n) is 6.50. The van der Waals surface area contributed by atoms with Gasteiger partial charge in [0.15, 0.2) is 5.16 Å². The zero-order chi connectivity index (χ0) is 19.4. The molecule has 0 spiro atoms. The van der Waals surface area contributed by atoms with Crippen molar-refractivity contribution in [1.82, 2.24) is 24.5 Å². The van der Waals surface area contributed by atoms with E-state index in [4.69, 9.17) is 0 Å². The smallest absolute Gasteiger partial charge is 0.262 e. The number of nitrogens with one attached hydrogen (secondary N) is 1. The number of thioether (sulfide) groups is 1. The Kier molecular flexibility index (Phi) is 6.15. The van der Waals surface area contributed by atoms with Crippen molar-refractivity contribution >= 4 is 34.3 Å². The minimum absolute atomic E-state index is 0.0257. The van der Waals surface area contributed by atoms with Crippen LogP contribution in [0.4, 0.5) is 0 Å². The average molecular weight is 388 g/mol. The standard InChI is InChI=1S/C19H25N5O2S/c1-4-6-12-23-17(26)14-9-7-8-10-15(14)24-18(23)21-22-19(24)27-13(3)16(25)20-11-5-2/h7-10,13H,4-6,11-12H2,1-3H3,(H,20,25). The summed E-state index contributed by atoms with van der Waals surface area (Å²) >= 11 is 1.35. The predicted molar refractivity (Wildman–Crippen MR) is 108 cm³/mol. The third kappa shape index (κ3) is 3.85. The second kappa shape index (κ2) is 8.56. The van der Waals surface area contributed by atoms with E-state index in [1.807, 2.05) is 42.5 Å². The lowest BCUT2D eigenvalue weighted by Crippen LogP contribution is -2.31. The van der Waals surface area contributed by atoms with Crippen molar-refractivity contribution in [3.8, 4) is 0 Å². The molecule has 8 heteroatoms. The number of aromatic nitrogens is 4. The lowest BCUT2D eigenvalue weighted by atomic mass is 10.2. The Morgan fingerprint density at radius 1 is 1.22 bits per heavy atom. The second-order valence-corrected chi connectivity index (χ2v) is 7.80. The van der Waals surface area contributed by atoms with Crippen molar-refractivity contribution < 1.29 is 4.79 Å². The van der Waals surface area contributed by atoms with Crippen LogP contribution >= 0.6 is 11.8 Å². The monoisotopic (exact) mass is 387 g/mol. The molecule has 1 amide bonds. The largest absolute Gasteiger partial charge is 0.355 e. The van der Waals surface area contributed by atoms with Crippen LogP contribution in [0.5, 0.6) is 0 Å². The normalized spacial score (nSPS) is 12.6. The summed E-state index contributed by atoms with van der Waals surface area (Å²) in [4.78, 5) is 25.2. The van der Waals surface area contributed by atoms with Crippen molar-refractivity contribution in [2.75, 3.05) is 6.54 Å². The molecule has 0 saturated heterocycles. The van der Waals surface area contributed by atoms with E-state index in [9.17, 15) is 9.59 Å². The van der Waals surface area contributed by atoms with E-state index in [-0.39, 0.29) is 16.7 Å². The van der Waals surface area contributed by atoms with Crippen LogP contribution in [0, 0.1) is 0 Å². The summed E-state index contributed by atoms with van der Waals surface area (Å²) in [5.74, 6) is 0.498. The molecule has 3 rings (SSSR count). The number of nitrogens with zero attached hydrogens (tertiary/aromatic N) is 4. The van der Waals surface area contributed by atoms with Crippen LogP contribution in [0.25, 0.3) is 16.7 Å². The van der Waals surface area contributed by atoms with Crippen molar-refractivity contribution in [2.45, 2.75) is 57.0 Å². The zero-order valence-corrected chi connectivity index (χ0v) is 16.8. The number of benzene rings is 1. The number of rotatable bonds is 8. The lowest BCUT2D eigenvalue weighted by molar-refractivity contribution is -0.120. The maximum Gasteiger partial charge on any atom is 0.262 e. The SMILES string of the molecule is CCCCn1c(=O)c2ccccc2n2c(SC(C)C(=O)NCCC)nnc12. The van der Waals surface area contributed by atoms with Crippen LogP contribution in [0.3, 0.4) is 0 Å². The summed E-state index contributed by atoms with van der Waals surface area (Å²) in [5.41, 5.74) is 0.711. The molecule has 0 aliphatic heterocycles. The van der Waals surface area contributed by atoms with Crippen molar-refractivity contribution in [3.63, 3.8) is 0 Å². The van der Waals surface area contributed by atoms with Crippen LogP contribution < -0.4 is 10.9 Å². The highest BCUT2D eigenvalue weighted by molar-refractivity contribution is 8.00. The number of para-hydroxylation sites is 1. The zero-order valence-electron chi connectivity index (χ0n) is 15.9. The maximum atomic E-state index is 12.9. The topological polar surface area (TPSA) is 81.3 Å². The number of fused-ring (bicyclic) bond motifs is 3. The molecule has 0 aliphatic rings. The highest BCUT2D eigenvalue weighted by Crippen LogP contribution is 2.25. The van der Waals surface area contributed by atoms with E-state index in [2.05, 4.69) is 22.4 Å². The van der Waals surface area contributed by atoms with Gasteiger partial charge in [-0.05, 0) is 31.9 Å². The molecular formula is C19H25N5O2S. The van der Waals surface area contributed by atoms with Gasteiger partial charge in [-0.15, -0.1) is 10.2 Å². The Labute approximate surface area is 162 Å². The third-order valence-electron chi connectivity index (χ3n) is 4.41. The van der Waals surface area contributed by atoms with Crippen molar-refractivity contribution in [3.05, 3.63) is 34.6 Å². The van der Waals surface area contributed by atoms with Gasteiger partial charge in [0.1, 0.15) is 0 Å². The molecule has 0 radical (unpaired) electrons. The third-order valence-corrected chi connectivity index (χ3v) is 5.46. The molecule has 2 aromatic heterocycles. The van der Waals surface area contributed by atoms with Gasteiger partial charge in [0.2, 0.25) is 11.7 Å². The lowest BCUT2D eigenvalue weighted by Gasteiger charge is -2.13. The van der Waals surface area contributed by atoms with Crippen LogP contribution in [-0.4, -0.2) is 36.9 Å². The number of carbonyl (C=O) groups excluding carboxylic acids is 1. The molecule has 1 N–H and O–H groups in total. The van der Waals surface area contributed by atoms with Gasteiger partial charge in [0, 0.05) is 13.1 Å². The summed E-state index contributed by atoms with van der Waals surface area (Å²) in [6.45, 7) is 7.21. The minimum Gasteiger partial charge on any atom is -0.355 e. The van der Waals surface area contributed by atoms with Gasteiger partial charge in [-0.1, -0.05) is 44.2 Å². The van der Waals surface area contributed by atoms with Gasteiger partial charge in [-0.3, -0.25) is 18.6 Å². The van der Waals surface area contributed by atoms with E-state index in [0.717, 1.165) is 24.8 Å². The Balaban J connectivity index is 2.09. The first-order chi connectivity index (χ1) is 13.1. The van der Waals surface area contributed by atoms with Gasteiger partial charge >= 0.3 is 0 Å². The van der Waals surface area contributed by atoms with E-state index >= 15 is 0 Å². The average Bonchev–Trinajstić information content (AvgIpc) is 3.09. The summed E-state index contributed by atoms with van der Waals surface area (Å²) in [5, 5.41) is 12.4. The first-order valence-corrected chi connectivity index (χ1v) is 10.3. The predicted octanol–water partition coefficient (Wildman–Crippen LogP) is 2.85. The van der Waals surface area contributed by atoms with Gasteiger partial charge in [0.25, 0.3) is 5.56 Å². The number of aryl methyl sites for hydroxylation is 1. The van der Waals surface area contributed by atoms with Crippen LogP contribution in [0.15, 0.2) is 34.2 Å². The van der Waals surface area contributed by atoms with Crippen molar-refractivity contribution in [1.29, 1.82) is 0 Å². The summed E-state index contributed by atoms with van der Waals surface area (Å²) in [6.07, 6.45) is 2.76. The molecule has 144 valence electrons. The summed E-state index contributed by atoms with van der Waals surface area (Å²) in [6, 6.07) is 7.47. The molecule has 7 nitrogen and oxygen atoms in total. The summed E-state index contributed by atoms with van der Waals surface area (Å²) in [7, 11) is 0. The Bertz CT molecular complexity index is 1010. The fraction of sp³-hybridized carbons (Fsp3) is 0.474. The van der Waals surface area contributed by atoms with Crippen molar-refractivity contribution in [2.24, 2.45) is 0 Å². The van der Waals surface area contributed by atoms with Gasteiger partial charge < -0.3 is 5.32 Å². The van der Waals surface area contributed by atoms with Gasteiger partial charge in [0.05, 0.1) is 16.2 Å². The number of carbonyl (C=O) groups is 1. The Hall–Kier alpha value is -2.35. The molecule has 0 saturated carbocycles. The van der Waals surface area contributed by atoms with Crippen LogP contribution in [-0.2, 0) is 11.3 Å². The maximum absolute atomic E-state index is 12.9. The first-order valence-electron chi connectivity index (χ1n) is 9.39. The highest BCUT2D eigenvalue weighted by Gasteiger charge is 2.21. The molecular weight excluding hydrogens is 362 g/mol. The highest BCUT2D eigenvalue weighted by atomic mass is 32.2. The van der Waals surface area contributed by atoms with E-state index < -0.39 is 0 Å². The number of unbranched alkanes of at least 4 members (excludes halogenated alkanes) is 1. The molecule has 1 aromatic carbocycles. The fourth-order valence-corrected chi connectivity index (χ4v) is 3.81. The molecule has 1 atom stereocenters. The quantitative estimate of drug-likeness (QED) is 0.601. The molecule has 1 unspecified atom stereocenters. The number of hydrogen-bond acceptors (Lipinski definition) is 5. The Morgan fingerprint density at radius 3 is 2.74 bits per heavy atom. The number of hydrogen-bond donors (Lipinski definition) is 1. The molecule has 3 aromatic rings. The van der Waals surface area contributed by atoms with Crippen LogP contribution in [0.1, 0.15) is 40.0 Å². The molecule has 0 bridgehead atoms. The fourth-order valence-electron chi connectivity index (χ4n) is 2.93. The van der Waals surface area contributed by atoms with Gasteiger partial charge in [-0.25, -0.2) is 0 Å². The Morgan fingerprint density at radius 2 is 2.00 bits per heavy atom.